The van der Waals surface area contributed by atoms with E-state index in [1.165, 1.54) is 5.56 Å². The minimum absolute atomic E-state index is 0.238. The molecule has 0 saturated heterocycles. The van der Waals surface area contributed by atoms with E-state index in [4.69, 9.17) is 10.9 Å². The average molecular weight is 263 g/mol. The van der Waals surface area contributed by atoms with Gasteiger partial charge in [0.05, 0.1) is 0 Å². The predicted molar refractivity (Wildman–Crippen MR) is 80.7 cm³/mol. The predicted octanol–water partition coefficient (Wildman–Crippen LogP) is 3.35. The van der Waals surface area contributed by atoms with Crippen molar-refractivity contribution in [1.29, 1.82) is 0 Å². The summed E-state index contributed by atoms with van der Waals surface area (Å²) in [4.78, 5) is 0. The van der Waals surface area contributed by atoms with Crippen LogP contribution in [0, 0.1) is 12.3 Å². The van der Waals surface area contributed by atoms with Crippen molar-refractivity contribution >= 4 is 11.5 Å². The van der Waals surface area contributed by atoms with E-state index in [-0.39, 0.29) is 5.41 Å². The Balaban J connectivity index is 2.25. The van der Waals surface area contributed by atoms with Crippen molar-refractivity contribution in [3.63, 3.8) is 0 Å². The molecule has 4 heteroatoms. The highest BCUT2D eigenvalue weighted by atomic mass is 16.4. The van der Waals surface area contributed by atoms with Crippen LogP contribution in [0.5, 0.6) is 0 Å². The molecule has 1 aromatic rings. The zero-order valence-corrected chi connectivity index (χ0v) is 12.1. The van der Waals surface area contributed by atoms with Gasteiger partial charge in [-0.3, -0.25) is 0 Å². The standard InChI is InChI=1S/C15H25N3O/c1-12-7-6-8-13(11-12)17-10-5-4-9-15(2,3)14(16)18-19/h6-8,11,17,19H,4-5,9-10H2,1-3H3,(H2,16,18). The van der Waals surface area contributed by atoms with Crippen LogP contribution < -0.4 is 11.1 Å². The van der Waals surface area contributed by atoms with Crippen LogP contribution in [0.2, 0.25) is 0 Å². The molecule has 19 heavy (non-hydrogen) atoms. The van der Waals surface area contributed by atoms with Crippen molar-refractivity contribution in [2.45, 2.75) is 40.0 Å². The largest absolute Gasteiger partial charge is 0.409 e. The van der Waals surface area contributed by atoms with Gasteiger partial charge in [-0.15, -0.1) is 0 Å². The minimum atomic E-state index is -0.238. The van der Waals surface area contributed by atoms with Crippen LogP contribution >= 0.6 is 0 Å². The molecule has 1 aromatic carbocycles. The molecule has 4 N–H and O–H groups in total. The van der Waals surface area contributed by atoms with E-state index >= 15 is 0 Å². The Morgan fingerprint density at radius 3 is 2.74 bits per heavy atom. The van der Waals surface area contributed by atoms with E-state index in [0.29, 0.717) is 5.84 Å². The van der Waals surface area contributed by atoms with Crippen LogP contribution in [0.4, 0.5) is 5.69 Å². The number of unbranched alkanes of at least 4 members (excludes halogenated alkanes) is 1. The van der Waals surface area contributed by atoms with Gasteiger partial charge in [0.2, 0.25) is 0 Å². The first-order chi connectivity index (χ1) is 8.95. The van der Waals surface area contributed by atoms with Gasteiger partial charge in [-0.1, -0.05) is 37.6 Å². The van der Waals surface area contributed by atoms with E-state index < -0.39 is 0 Å². The molecule has 0 aliphatic heterocycles. The Hall–Kier alpha value is -1.71. The zero-order valence-electron chi connectivity index (χ0n) is 12.1. The highest BCUT2D eigenvalue weighted by Crippen LogP contribution is 2.23. The molecule has 0 saturated carbocycles. The van der Waals surface area contributed by atoms with Crippen molar-refractivity contribution in [3.05, 3.63) is 29.8 Å². The molecule has 0 aromatic heterocycles. The molecule has 106 valence electrons. The number of aryl methyl sites for hydroxylation is 1. The number of amidine groups is 1. The molecule has 0 fully saturated rings. The molecule has 0 spiro atoms. The molecular weight excluding hydrogens is 238 g/mol. The fourth-order valence-electron chi connectivity index (χ4n) is 1.94. The summed E-state index contributed by atoms with van der Waals surface area (Å²) in [6, 6.07) is 8.36. The number of benzene rings is 1. The van der Waals surface area contributed by atoms with Gasteiger partial charge in [0.1, 0.15) is 5.84 Å². The van der Waals surface area contributed by atoms with E-state index in [2.05, 4.69) is 41.7 Å². The molecule has 0 bridgehead atoms. The first-order valence-corrected chi connectivity index (χ1v) is 6.74. The SMILES string of the molecule is Cc1cccc(NCCCCC(C)(C)/C(N)=N/O)c1. The quantitative estimate of drug-likeness (QED) is 0.232. The van der Waals surface area contributed by atoms with Gasteiger partial charge in [-0.25, -0.2) is 0 Å². The summed E-state index contributed by atoms with van der Waals surface area (Å²) >= 11 is 0. The highest BCUT2D eigenvalue weighted by Gasteiger charge is 2.22. The number of anilines is 1. The highest BCUT2D eigenvalue weighted by molar-refractivity contribution is 5.85. The van der Waals surface area contributed by atoms with Crippen LogP contribution in [-0.4, -0.2) is 17.6 Å². The molecule has 0 aliphatic rings. The first kappa shape index (κ1) is 15.3. The fraction of sp³-hybridized carbons (Fsp3) is 0.533. The summed E-state index contributed by atoms with van der Waals surface area (Å²) in [5.41, 5.74) is 7.84. The molecule has 0 radical (unpaired) electrons. The van der Waals surface area contributed by atoms with E-state index in [1.54, 1.807) is 0 Å². The average Bonchev–Trinajstić information content (AvgIpc) is 2.37. The van der Waals surface area contributed by atoms with Crippen LogP contribution in [0.15, 0.2) is 29.4 Å². The normalized spacial score (nSPS) is 12.5. The number of rotatable bonds is 7. The van der Waals surface area contributed by atoms with Gasteiger partial charge in [-0.05, 0) is 37.5 Å². The van der Waals surface area contributed by atoms with Crippen molar-refractivity contribution in [1.82, 2.24) is 0 Å². The van der Waals surface area contributed by atoms with Crippen LogP contribution in [0.25, 0.3) is 0 Å². The first-order valence-electron chi connectivity index (χ1n) is 6.74. The Morgan fingerprint density at radius 2 is 2.11 bits per heavy atom. The third kappa shape index (κ3) is 5.20. The van der Waals surface area contributed by atoms with Gasteiger partial charge < -0.3 is 16.3 Å². The van der Waals surface area contributed by atoms with E-state index in [1.807, 2.05) is 13.8 Å². The lowest BCUT2D eigenvalue weighted by Crippen LogP contribution is -2.31. The molecule has 0 amide bonds. The monoisotopic (exact) mass is 263 g/mol. The Bertz CT molecular complexity index is 427. The Kier molecular flexibility index (Phi) is 5.67. The number of oxime groups is 1. The lowest BCUT2D eigenvalue weighted by molar-refractivity contribution is 0.304. The van der Waals surface area contributed by atoms with Crippen molar-refractivity contribution < 1.29 is 5.21 Å². The Morgan fingerprint density at radius 1 is 1.37 bits per heavy atom. The van der Waals surface area contributed by atoms with Crippen molar-refractivity contribution in [2.24, 2.45) is 16.3 Å². The van der Waals surface area contributed by atoms with Crippen LogP contribution in [0.1, 0.15) is 38.7 Å². The van der Waals surface area contributed by atoms with E-state index in [0.717, 1.165) is 31.5 Å². The fourth-order valence-corrected chi connectivity index (χ4v) is 1.94. The number of hydrogen-bond acceptors (Lipinski definition) is 3. The summed E-state index contributed by atoms with van der Waals surface area (Å²) in [7, 11) is 0. The van der Waals surface area contributed by atoms with Crippen molar-refractivity contribution in [3.8, 4) is 0 Å². The summed E-state index contributed by atoms with van der Waals surface area (Å²) in [6.07, 6.45) is 3.02. The smallest absolute Gasteiger partial charge is 0.144 e. The van der Waals surface area contributed by atoms with Gasteiger partial charge >= 0.3 is 0 Å². The molecule has 1 rings (SSSR count). The van der Waals surface area contributed by atoms with Gasteiger partial charge in [0, 0.05) is 17.6 Å². The Labute approximate surface area is 115 Å². The molecule has 0 aliphatic carbocycles. The maximum atomic E-state index is 8.70. The van der Waals surface area contributed by atoms with Gasteiger partial charge in [0.25, 0.3) is 0 Å². The number of nitrogens with zero attached hydrogens (tertiary/aromatic N) is 1. The second-order valence-electron chi connectivity index (χ2n) is 5.62. The maximum absolute atomic E-state index is 8.70. The topological polar surface area (TPSA) is 70.6 Å². The molecule has 0 unspecified atom stereocenters. The summed E-state index contributed by atoms with van der Waals surface area (Å²) < 4.78 is 0. The number of nitrogens with two attached hydrogens (primary N) is 1. The molecule has 0 heterocycles. The lowest BCUT2D eigenvalue weighted by atomic mass is 9.86. The van der Waals surface area contributed by atoms with Crippen LogP contribution in [0.3, 0.4) is 0 Å². The number of hydrogen-bond donors (Lipinski definition) is 3. The summed E-state index contributed by atoms with van der Waals surface area (Å²) in [5, 5.41) is 15.2. The third-order valence-corrected chi connectivity index (χ3v) is 3.38. The molecule has 4 nitrogen and oxygen atoms in total. The summed E-state index contributed by atoms with van der Waals surface area (Å²) in [5.74, 6) is 0.305. The summed E-state index contributed by atoms with van der Waals surface area (Å²) in [6.45, 7) is 7.02. The van der Waals surface area contributed by atoms with Gasteiger partial charge in [0.15, 0.2) is 0 Å². The maximum Gasteiger partial charge on any atom is 0.144 e. The van der Waals surface area contributed by atoms with E-state index in [9.17, 15) is 0 Å². The lowest BCUT2D eigenvalue weighted by Gasteiger charge is -2.22. The van der Waals surface area contributed by atoms with Gasteiger partial charge in [-0.2, -0.15) is 0 Å². The minimum Gasteiger partial charge on any atom is -0.409 e. The molecule has 0 atom stereocenters. The molecular formula is C15H25N3O. The second kappa shape index (κ2) is 7.02. The second-order valence-corrected chi connectivity index (χ2v) is 5.62. The van der Waals surface area contributed by atoms with Crippen LogP contribution in [-0.2, 0) is 0 Å². The third-order valence-electron chi connectivity index (χ3n) is 3.38. The zero-order chi connectivity index (χ0) is 14.3. The number of nitrogens with one attached hydrogen (secondary N) is 1. The van der Waals surface area contributed by atoms with Crippen molar-refractivity contribution in [2.75, 3.05) is 11.9 Å².